The Morgan fingerprint density at radius 3 is 1.54 bits per heavy atom. The van der Waals surface area contributed by atoms with Crippen molar-refractivity contribution in [2.24, 2.45) is 0 Å². The Morgan fingerprint density at radius 1 is 0.343 bits per heavy atom. The molecule has 10 aromatic carbocycles. The largest absolute Gasteiger partial charge is 0.456 e. The van der Waals surface area contributed by atoms with Crippen LogP contribution >= 0.6 is 0 Å². The highest BCUT2D eigenvalue weighted by atomic mass is 16.3. The summed E-state index contributed by atoms with van der Waals surface area (Å²) in [6, 6.07) is 88.5. The maximum Gasteiger partial charge on any atom is 0.160 e. The Hall–Kier alpha value is -8.66. The molecule has 0 atom stereocenters. The fourth-order valence-electron chi connectivity index (χ4n) is 9.70. The Bertz CT molecular complexity index is 3590. The number of furan rings is 1. The zero-order valence-electron chi connectivity index (χ0n) is 36.8. The summed E-state index contributed by atoms with van der Waals surface area (Å²) < 4.78 is 6.69. The molecule has 0 aliphatic heterocycles. The number of hydrogen-bond acceptors (Lipinski definition) is 3. The number of nitrogens with zero attached hydrogens (tertiary/aromatic N) is 2. The fourth-order valence-corrected chi connectivity index (χ4v) is 9.70. The lowest BCUT2D eigenvalue weighted by Gasteiger charge is -2.20. The third-order valence-electron chi connectivity index (χ3n) is 13.2. The standard InChI is InChI=1S/C64H44N2O/c1-4-14-44(15-5-1)46-27-31-50(32-28-46)58(51-33-29-47(30-34-51)45-16-6-2-7-17-45)40-43-26-39-57-62(41-43)67-61-25-13-23-55(63(57)61)49-35-37-53(38-36-49)64-65-59(52-19-8-3-9-20-52)42-60(66-64)56-24-12-21-48-18-10-11-22-54(48)56/h1-39,41-42,58H,40H2. The van der Waals surface area contributed by atoms with E-state index < -0.39 is 0 Å². The molecule has 2 heterocycles. The maximum absolute atomic E-state index is 6.69. The normalized spacial score (nSPS) is 11.5. The molecule has 0 N–H and O–H groups in total. The van der Waals surface area contributed by atoms with Gasteiger partial charge in [-0.15, -0.1) is 0 Å². The van der Waals surface area contributed by atoms with Crippen LogP contribution in [-0.2, 0) is 6.42 Å². The third kappa shape index (κ3) is 7.87. The van der Waals surface area contributed by atoms with E-state index in [9.17, 15) is 0 Å². The van der Waals surface area contributed by atoms with Gasteiger partial charge in [-0.25, -0.2) is 9.97 Å². The van der Waals surface area contributed by atoms with Crippen molar-refractivity contribution >= 4 is 32.7 Å². The predicted molar refractivity (Wildman–Crippen MR) is 278 cm³/mol. The van der Waals surface area contributed by atoms with Crippen LogP contribution < -0.4 is 0 Å². The van der Waals surface area contributed by atoms with Crippen LogP contribution in [-0.4, -0.2) is 9.97 Å². The average molecular weight is 857 g/mol. The molecule has 0 saturated heterocycles. The van der Waals surface area contributed by atoms with Gasteiger partial charge in [-0.1, -0.05) is 231 Å². The second-order valence-electron chi connectivity index (χ2n) is 17.3. The van der Waals surface area contributed by atoms with Gasteiger partial charge in [0.05, 0.1) is 11.4 Å². The first-order chi connectivity index (χ1) is 33.2. The Balaban J connectivity index is 0.881. The van der Waals surface area contributed by atoms with Gasteiger partial charge in [-0.05, 0) is 85.5 Å². The Labute approximate surface area is 390 Å². The van der Waals surface area contributed by atoms with Crippen LogP contribution in [0.1, 0.15) is 22.6 Å². The molecule has 0 saturated carbocycles. The molecule has 316 valence electrons. The summed E-state index contributed by atoms with van der Waals surface area (Å²) in [5.41, 5.74) is 17.5. The molecule has 67 heavy (non-hydrogen) atoms. The third-order valence-corrected chi connectivity index (χ3v) is 13.2. The lowest BCUT2D eigenvalue weighted by atomic mass is 9.84. The van der Waals surface area contributed by atoms with Gasteiger partial charge in [0, 0.05) is 33.4 Å². The molecule has 12 aromatic rings. The average Bonchev–Trinajstić information content (AvgIpc) is 3.79. The topological polar surface area (TPSA) is 38.9 Å². The van der Waals surface area contributed by atoms with Crippen molar-refractivity contribution in [3.8, 4) is 67.3 Å². The second kappa shape index (κ2) is 17.4. The van der Waals surface area contributed by atoms with Crippen LogP contribution in [0.5, 0.6) is 0 Å². The molecule has 0 spiro atoms. The summed E-state index contributed by atoms with van der Waals surface area (Å²) in [5.74, 6) is 0.832. The highest BCUT2D eigenvalue weighted by molar-refractivity contribution is 6.12. The first-order valence-corrected chi connectivity index (χ1v) is 23.0. The molecule has 0 amide bonds. The second-order valence-corrected chi connectivity index (χ2v) is 17.3. The van der Waals surface area contributed by atoms with E-state index in [0.717, 1.165) is 67.6 Å². The lowest BCUT2D eigenvalue weighted by molar-refractivity contribution is 0.667. The zero-order valence-corrected chi connectivity index (χ0v) is 36.8. The first kappa shape index (κ1) is 39.9. The molecule has 3 heteroatoms. The summed E-state index contributed by atoms with van der Waals surface area (Å²) in [5, 5.41) is 4.57. The summed E-state index contributed by atoms with van der Waals surface area (Å²) >= 11 is 0. The maximum atomic E-state index is 6.69. The number of benzene rings is 10. The van der Waals surface area contributed by atoms with Gasteiger partial charge < -0.3 is 4.42 Å². The Morgan fingerprint density at radius 2 is 0.866 bits per heavy atom. The van der Waals surface area contributed by atoms with Gasteiger partial charge in [0.2, 0.25) is 0 Å². The van der Waals surface area contributed by atoms with Crippen molar-refractivity contribution < 1.29 is 4.42 Å². The zero-order chi connectivity index (χ0) is 44.5. The van der Waals surface area contributed by atoms with Crippen molar-refractivity contribution in [3.63, 3.8) is 0 Å². The van der Waals surface area contributed by atoms with E-state index in [2.05, 4.69) is 243 Å². The van der Waals surface area contributed by atoms with Gasteiger partial charge in [0.1, 0.15) is 11.2 Å². The molecule has 0 unspecified atom stereocenters. The van der Waals surface area contributed by atoms with Crippen LogP contribution in [0.3, 0.4) is 0 Å². The molecular formula is C64H44N2O. The molecule has 0 radical (unpaired) electrons. The Kier molecular flexibility index (Phi) is 10.3. The van der Waals surface area contributed by atoms with Gasteiger partial charge in [-0.2, -0.15) is 0 Å². The summed E-state index contributed by atoms with van der Waals surface area (Å²) in [6.07, 6.45) is 0.826. The smallest absolute Gasteiger partial charge is 0.160 e. The number of rotatable bonds is 10. The van der Waals surface area contributed by atoms with E-state index in [4.69, 9.17) is 14.4 Å². The quantitative estimate of drug-likeness (QED) is 0.138. The van der Waals surface area contributed by atoms with E-state index in [0.29, 0.717) is 5.82 Å². The molecular weight excluding hydrogens is 813 g/mol. The highest BCUT2D eigenvalue weighted by Crippen LogP contribution is 2.40. The van der Waals surface area contributed by atoms with E-state index in [1.807, 2.05) is 6.07 Å². The highest BCUT2D eigenvalue weighted by Gasteiger charge is 2.19. The van der Waals surface area contributed by atoms with Crippen molar-refractivity contribution in [1.82, 2.24) is 9.97 Å². The van der Waals surface area contributed by atoms with Gasteiger partial charge in [0.15, 0.2) is 5.82 Å². The number of hydrogen-bond donors (Lipinski definition) is 0. The summed E-state index contributed by atoms with van der Waals surface area (Å²) in [4.78, 5) is 10.3. The first-order valence-electron chi connectivity index (χ1n) is 23.0. The predicted octanol–water partition coefficient (Wildman–Crippen LogP) is 16.9. The fraction of sp³-hybridized carbons (Fsp3) is 0.0312. The molecule has 0 bridgehead atoms. The molecule has 12 rings (SSSR count). The van der Waals surface area contributed by atoms with Crippen LogP contribution in [0.2, 0.25) is 0 Å². The van der Waals surface area contributed by atoms with Crippen LogP contribution in [0.15, 0.2) is 253 Å². The lowest BCUT2D eigenvalue weighted by Crippen LogP contribution is -2.05. The van der Waals surface area contributed by atoms with E-state index in [-0.39, 0.29) is 5.92 Å². The van der Waals surface area contributed by atoms with E-state index in [1.54, 1.807) is 0 Å². The van der Waals surface area contributed by atoms with Crippen molar-refractivity contribution in [2.45, 2.75) is 12.3 Å². The molecule has 0 aliphatic carbocycles. The summed E-state index contributed by atoms with van der Waals surface area (Å²) in [7, 11) is 0. The van der Waals surface area contributed by atoms with Crippen LogP contribution in [0, 0.1) is 0 Å². The van der Waals surface area contributed by atoms with Crippen LogP contribution in [0.25, 0.3) is 100.0 Å². The number of aromatic nitrogens is 2. The minimum Gasteiger partial charge on any atom is -0.456 e. The minimum absolute atomic E-state index is 0.144. The van der Waals surface area contributed by atoms with Crippen LogP contribution in [0.4, 0.5) is 0 Å². The molecule has 2 aromatic heterocycles. The van der Waals surface area contributed by atoms with Crippen molar-refractivity contribution in [3.05, 3.63) is 265 Å². The number of fused-ring (bicyclic) bond motifs is 4. The van der Waals surface area contributed by atoms with Crippen molar-refractivity contribution in [2.75, 3.05) is 0 Å². The SMILES string of the molecule is c1ccc(-c2ccc(C(Cc3ccc4c(c3)oc3cccc(-c5ccc(-c6nc(-c7ccccc7)cc(-c7cccc8ccccc78)n6)cc5)c34)c3ccc(-c4ccccc4)cc3)cc2)cc1. The van der Waals surface area contributed by atoms with Gasteiger partial charge in [0.25, 0.3) is 0 Å². The molecule has 0 aliphatic rings. The van der Waals surface area contributed by atoms with Crippen molar-refractivity contribution in [1.29, 1.82) is 0 Å². The van der Waals surface area contributed by atoms with Gasteiger partial charge >= 0.3 is 0 Å². The minimum atomic E-state index is 0.144. The monoisotopic (exact) mass is 856 g/mol. The summed E-state index contributed by atoms with van der Waals surface area (Å²) in [6.45, 7) is 0. The van der Waals surface area contributed by atoms with E-state index >= 15 is 0 Å². The van der Waals surface area contributed by atoms with E-state index in [1.165, 1.54) is 49.7 Å². The molecule has 0 fully saturated rings. The molecule has 3 nitrogen and oxygen atoms in total. The van der Waals surface area contributed by atoms with Gasteiger partial charge in [-0.3, -0.25) is 0 Å².